The van der Waals surface area contributed by atoms with Crippen LogP contribution >= 0.6 is 31.9 Å². The molecule has 7 N–H and O–H groups in total. The van der Waals surface area contributed by atoms with E-state index >= 15 is 0 Å². The van der Waals surface area contributed by atoms with Crippen molar-refractivity contribution in [3.63, 3.8) is 0 Å². The number of rotatable bonds is 5. The van der Waals surface area contributed by atoms with Gasteiger partial charge < -0.3 is 22.5 Å². The number of halogens is 6. The van der Waals surface area contributed by atoms with Gasteiger partial charge in [0.1, 0.15) is 17.3 Å². The molecule has 0 saturated heterocycles. The van der Waals surface area contributed by atoms with Gasteiger partial charge in [0, 0.05) is 12.1 Å². The van der Waals surface area contributed by atoms with Gasteiger partial charge >= 0.3 is 0 Å². The largest absolute Gasteiger partial charge is 0.397 e. The van der Waals surface area contributed by atoms with Gasteiger partial charge in [0.2, 0.25) is 5.91 Å². The SMILES string of the molecule is CCS(=O)(=O)c1ccc(CC(=O)Nc2c(N)cc(F)c(Br)c2F)cc1.Nc1cc(F)c(Br)c(F)c1N. The Labute approximate surface area is 221 Å². The predicted molar refractivity (Wildman–Crippen MR) is 138 cm³/mol. The number of sulfone groups is 1. The quantitative estimate of drug-likeness (QED) is 0.170. The van der Waals surface area contributed by atoms with E-state index in [0.29, 0.717) is 5.56 Å². The lowest BCUT2D eigenvalue weighted by Gasteiger charge is -2.11. The normalized spacial score (nSPS) is 11.0. The summed E-state index contributed by atoms with van der Waals surface area (Å²) in [6.45, 7) is 1.54. The molecule has 0 aliphatic rings. The van der Waals surface area contributed by atoms with E-state index in [1.165, 1.54) is 31.2 Å². The summed E-state index contributed by atoms with van der Waals surface area (Å²) in [5, 5.41) is 2.30. The third-order valence-corrected chi connectivity index (χ3v) is 7.92. The Balaban J connectivity index is 0.000000346. The second-order valence-corrected chi connectivity index (χ2v) is 11.1. The minimum absolute atomic E-state index is 0.0230. The van der Waals surface area contributed by atoms with Gasteiger partial charge in [-0.05, 0) is 49.6 Å². The first kappa shape index (κ1) is 29.4. The Morgan fingerprint density at radius 3 is 1.92 bits per heavy atom. The molecule has 0 bridgehead atoms. The molecule has 3 rings (SSSR count). The van der Waals surface area contributed by atoms with Crippen LogP contribution in [-0.2, 0) is 21.1 Å². The molecule has 0 saturated carbocycles. The molecule has 0 heterocycles. The van der Waals surface area contributed by atoms with Gasteiger partial charge in [0.25, 0.3) is 0 Å². The molecule has 0 aliphatic heterocycles. The minimum Gasteiger partial charge on any atom is -0.397 e. The molecule has 0 spiro atoms. The summed E-state index contributed by atoms with van der Waals surface area (Å²) in [7, 11) is -3.32. The van der Waals surface area contributed by atoms with Crippen LogP contribution in [0.4, 0.5) is 40.3 Å². The number of nitrogen functional groups attached to an aromatic ring is 3. The molecule has 0 fully saturated rings. The topological polar surface area (TPSA) is 141 Å². The number of carbonyl (C=O) groups excluding carboxylic acids is 1. The lowest BCUT2D eigenvalue weighted by Crippen LogP contribution is -2.17. The molecule has 7 nitrogen and oxygen atoms in total. The van der Waals surface area contributed by atoms with E-state index in [1.54, 1.807) is 0 Å². The van der Waals surface area contributed by atoms with Crippen molar-refractivity contribution in [2.75, 3.05) is 28.3 Å². The number of carbonyl (C=O) groups is 1. The van der Waals surface area contributed by atoms with E-state index in [1.807, 2.05) is 0 Å². The van der Waals surface area contributed by atoms with Gasteiger partial charge in [-0.25, -0.2) is 26.0 Å². The number of hydrogen-bond donors (Lipinski definition) is 4. The summed E-state index contributed by atoms with van der Waals surface area (Å²) in [6.07, 6.45) is -0.125. The van der Waals surface area contributed by atoms with Crippen LogP contribution in [0.15, 0.2) is 50.2 Å². The van der Waals surface area contributed by atoms with Crippen molar-refractivity contribution in [3.05, 3.63) is 74.2 Å². The maximum absolute atomic E-state index is 14.0. The van der Waals surface area contributed by atoms with Gasteiger partial charge in [-0.2, -0.15) is 0 Å². The maximum Gasteiger partial charge on any atom is 0.228 e. The molecule has 1 amide bonds. The molecule has 0 radical (unpaired) electrons. The van der Waals surface area contributed by atoms with Gasteiger partial charge in [-0.3, -0.25) is 4.79 Å². The molecule has 0 unspecified atom stereocenters. The zero-order valence-corrected chi connectivity index (χ0v) is 22.5. The first-order chi connectivity index (χ1) is 16.7. The van der Waals surface area contributed by atoms with Crippen LogP contribution in [-0.4, -0.2) is 20.1 Å². The van der Waals surface area contributed by atoms with Crippen LogP contribution in [0.1, 0.15) is 12.5 Å². The minimum atomic E-state index is -3.32. The molecule has 36 heavy (non-hydrogen) atoms. The monoisotopic (exact) mass is 654 g/mol. The van der Waals surface area contributed by atoms with Gasteiger partial charge in [-0.15, -0.1) is 0 Å². The van der Waals surface area contributed by atoms with Crippen LogP contribution in [0.25, 0.3) is 0 Å². The van der Waals surface area contributed by atoms with E-state index in [4.69, 9.17) is 17.2 Å². The highest BCUT2D eigenvalue weighted by Crippen LogP contribution is 2.32. The fraction of sp³-hybridized carbons (Fsp3) is 0.136. The van der Waals surface area contributed by atoms with Crippen molar-refractivity contribution in [2.45, 2.75) is 18.2 Å². The summed E-state index contributed by atoms with van der Waals surface area (Å²) in [5.74, 6) is -4.09. The van der Waals surface area contributed by atoms with Crippen molar-refractivity contribution in [1.29, 1.82) is 0 Å². The van der Waals surface area contributed by atoms with E-state index in [9.17, 15) is 30.8 Å². The Bertz CT molecular complexity index is 1380. The standard InChI is InChI=1S/C16H15BrF2N2O3S.C6H5BrF2N2/c1-2-25(23,24)10-5-3-9(4-6-10)7-13(22)21-16-12(20)8-11(18)14(17)15(16)19;7-4-2(8)1-3(10)6(11)5(4)9/h3-6,8H,2,7,20H2,1H3,(H,21,22);1H,10-11H2. The second-order valence-electron chi connectivity index (χ2n) is 7.21. The average Bonchev–Trinajstić information content (AvgIpc) is 2.83. The van der Waals surface area contributed by atoms with E-state index in [0.717, 1.165) is 12.1 Å². The number of anilines is 4. The zero-order chi connectivity index (χ0) is 27.4. The number of nitrogens with one attached hydrogen (secondary N) is 1. The fourth-order valence-corrected chi connectivity index (χ4v) is 4.24. The molecule has 14 heteroatoms. The Kier molecular flexibility index (Phi) is 9.74. The van der Waals surface area contributed by atoms with Crippen molar-refractivity contribution in [3.8, 4) is 0 Å². The third kappa shape index (κ3) is 6.89. The Morgan fingerprint density at radius 2 is 1.39 bits per heavy atom. The molecule has 194 valence electrons. The lowest BCUT2D eigenvalue weighted by molar-refractivity contribution is -0.115. The molecule has 0 atom stereocenters. The Hall–Kier alpha value is -2.84. The van der Waals surface area contributed by atoms with Gasteiger partial charge in [0.05, 0.1) is 43.1 Å². The first-order valence-corrected chi connectivity index (χ1v) is 13.2. The summed E-state index contributed by atoms with van der Waals surface area (Å²) in [4.78, 5) is 12.2. The molecular weight excluding hydrogens is 636 g/mol. The fourth-order valence-electron chi connectivity index (χ4n) is 2.72. The zero-order valence-electron chi connectivity index (χ0n) is 18.5. The molecule has 3 aromatic carbocycles. The average molecular weight is 656 g/mol. The van der Waals surface area contributed by atoms with Crippen molar-refractivity contribution < 1.29 is 30.8 Å². The van der Waals surface area contributed by atoms with Crippen LogP contribution in [0.5, 0.6) is 0 Å². The summed E-state index contributed by atoms with van der Waals surface area (Å²) in [6, 6.07) is 7.68. The van der Waals surface area contributed by atoms with Crippen LogP contribution in [0.3, 0.4) is 0 Å². The highest BCUT2D eigenvalue weighted by atomic mass is 79.9. The van der Waals surface area contributed by atoms with Crippen molar-refractivity contribution >= 4 is 70.4 Å². The summed E-state index contributed by atoms with van der Waals surface area (Å²) >= 11 is 5.42. The van der Waals surface area contributed by atoms with Crippen molar-refractivity contribution in [1.82, 2.24) is 0 Å². The number of nitrogens with two attached hydrogens (primary N) is 3. The number of hydrogen-bond acceptors (Lipinski definition) is 6. The molecule has 3 aromatic rings. The highest BCUT2D eigenvalue weighted by molar-refractivity contribution is 9.10. The van der Waals surface area contributed by atoms with E-state index < -0.39 is 43.5 Å². The van der Waals surface area contributed by atoms with E-state index in [-0.39, 0.29) is 44.3 Å². The first-order valence-electron chi connectivity index (χ1n) is 9.92. The molecule has 0 aliphatic carbocycles. The molecular formula is C22H20Br2F4N4O3S. The van der Waals surface area contributed by atoms with E-state index in [2.05, 4.69) is 37.2 Å². The maximum atomic E-state index is 14.0. The highest BCUT2D eigenvalue weighted by Gasteiger charge is 2.18. The third-order valence-electron chi connectivity index (χ3n) is 4.72. The summed E-state index contributed by atoms with van der Waals surface area (Å²) < 4.78 is 75.5. The molecule has 0 aromatic heterocycles. The number of benzene rings is 3. The van der Waals surface area contributed by atoms with Gasteiger partial charge in [-0.1, -0.05) is 19.1 Å². The van der Waals surface area contributed by atoms with Crippen LogP contribution in [0, 0.1) is 23.3 Å². The number of amides is 1. The van der Waals surface area contributed by atoms with Crippen LogP contribution < -0.4 is 22.5 Å². The summed E-state index contributed by atoms with van der Waals surface area (Å²) in [5.41, 5.74) is 15.5. The lowest BCUT2D eigenvalue weighted by atomic mass is 10.1. The Morgan fingerprint density at radius 1 is 0.889 bits per heavy atom. The predicted octanol–water partition coefficient (Wildman–Crippen LogP) is 5.18. The van der Waals surface area contributed by atoms with Crippen LogP contribution in [0.2, 0.25) is 0 Å². The van der Waals surface area contributed by atoms with Gasteiger partial charge in [0.15, 0.2) is 21.5 Å². The second kappa shape index (κ2) is 11.9. The van der Waals surface area contributed by atoms with Crippen molar-refractivity contribution in [2.24, 2.45) is 0 Å². The smallest absolute Gasteiger partial charge is 0.228 e.